The summed E-state index contributed by atoms with van der Waals surface area (Å²) >= 11 is 14.9. The molecule has 4 bridgehead atoms. The Kier molecular flexibility index (Phi) is 28.4. The number of ketones is 4. The maximum Gasteiger partial charge on any atom is 0.305 e. The summed E-state index contributed by atoms with van der Waals surface area (Å²) in [6.07, 6.45) is -3.38. The van der Waals surface area contributed by atoms with E-state index in [9.17, 15) is 77.3 Å². The topological polar surface area (TPSA) is 377 Å². The van der Waals surface area contributed by atoms with Crippen LogP contribution >= 0.6 is 46.7 Å². The van der Waals surface area contributed by atoms with E-state index in [2.05, 4.69) is 31.9 Å². The van der Waals surface area contributed by atoms with E-state index in [4.69, 9.17) is 32.7 Å². The Balaban J connectivity index is 1.01. The summed E-state index contributed by atoms with van der Waals surface area (Å²) < 4.78 is 11.3. The molecule has 4 heterocycles. The van der Waals surface area contributed by atoms with E-state index in [1.54, 1.807) is 47.9 Å². The van der Waals surface area contributed by atoms with Crippen molar-refractivity contribution in [3.8, 4) is 0 Å². The highest BCUT2D eigenvalue weighted by atomic mass is 35.5. The molecule has 0 aliphatic carbocycles. The number of alkyl halides is 2. The molecule has 4 aliphatic rings. The molecule has 10 atom stereocenters. The number of carboxylic acids is 2. The Hall–Kier alpha value is -8.02. The number of nitrogens with zero attached hydrogens (tertiary/aromatic N) is 2. The van der Waals surface area contributed by atoms with Crippen molar-refractivity contribution in [3.05, 3.63) is 71.8 Å². The molecule has 4 aromatic rings. The first-order valence-corrected chi connectivity index (χ1v) is 36.5. The van der Waals surface area contributed by atoms with Crippen molar-refractivity contribution in [3.63, 3.8) is 0 Å². The molecule has 30 heteroatoms. The monoisotopic (exact) mass is 1460 g/mol. The van der Waals surface area contributed by atoms with E-state index in [-0.39, 0.29) is 144 Å². The highest BCUT2D eigenvalue weighted by molar-refractivity contribution is 8.17. The molecule has 4 aliphatic heterocycles. The Labute approximate surface area is 596 Å². The van der Waals surface area contributed by atoms with Crippen LogP contribution in [0.3, 0.4) is 0 Å². The first-order valence-electron chi connectivity index (χ1n) is 33.3. The van der Waals surface area contributed by atoms with Crippen LogP contribution in [0.2, 0.25) is 0 Å². The van der Waals surface area contributed by atoms with Gasteiger partial charge in [0.05, 0.1) is 78.6 Å². The summed E-state index contributed by atoms with van der Waals surface area (Å²) in [4.78, 5) is 193. The second-order valence-electron chi connectivity index (χ2n) is 25.5. The van der Waals surface area contributed by atoms with Crippen LogP contribution in [0.1, 0.15) is 128 Å². The number of hydrogen-bond donors (Lipinski definition) is 8. The third kappa shape index (κ3) is 20.2. The van der Waals surface area contributed by atoms with Crippen molar-refractivity contribution >= 4 is 173 Å². The minimum atomic E-state index is -1.73. The zero-order valence-electron chi connectivity index (χ0n) is 56.0. The van der Waals surface area contributed by atoms with E-state index in [0.717, 1.165) is 45.4 Å². The Morgan fingerprint density at radius 3 is 1.46 bits per heavy atom. The number of carbonyl (C=O) groups excluding carboxylic acids is 12. The fourth-order valence-electron chi connectivity index (χ4n) is 12.7. The summed E-state index contributed by atoms with van der Waals surface area (Å²) in [5, 5.41) is 35.9. The smallest absolute Gasteiger partial charge is 0.305 e. The number of aliphatic carboxylic acids is 2. The van der Waals surface area contributed by atoms with Gasteiger partial charge in [0.1, 0.15) is 5.78 Å². The number of benzene rings is 4. The molecule has 0 aromatic heterocycles. The zero-order valence-corrected chi connectivity index (χ0v) is 59.1. The standard InChI is InChI=1S/C70H84Cl2N8O18S2/c1-37-25-53(82)39(3)74-58(85)18-22-97-21-10-15-52(81)66-47(27-55(84)56(30-62(89)90)99-36-100-57(31-63(91)92)70(96)78-66)69(95)73-20-24-98-23-19-59(86)75-40(4)54(83)26-38(2)68(94)77-49-29-51-65(46-14-8-6-12-44(46)49)42(33-72)35-80(51)61(88)17-9-16-60(87)79-34-41(32-71)64-45-13-7-5-11-43(45)48(28-50(64)79)76-67(37)93/h5-8,11-14,28-29,37-42,47,56-57,66H,9-10,15-27,30-36H2,1-4H3,(H,73,95)(H,74,85)(H,75,86)(H,76,93)(H,77,94)(H,78,96)(H,89,90)(H,91,92)/t37?,38?,39?,40?,41-,42-,47?,56?,57?,66?/m1/s1. The number of ether oxygens (including phenoxy) is 2. The molecule has 0 radical (unpaired) electrons. The normalized spacial score (nSPS) is 26.0. The van der Waals surface area contributed by atoms with Crippen LogP contribution in [0.15, 0.2) is 60.7 Å². The van der Waals surface area contributed by atoms with Gasteiger partial charge in [0, 0.05) is 140 Å². The number of thioether (sulfide) groups is 2. The van der Waals surface area contributed by atoms with Gasteiger partial charge in [0.25, 0.3) is 0 Å². The molecule has 8 N–H and O–H groups in total. The quantitative estimate of drug-likeness (QED) is 0.0924. The average Bonchev–Trinajstić information content (AvgIpc) is 1.57. The number of Topliss-reactive ketones (excluding diaryl/α,β-unsaturated/α-hetero) is 4. The predicted octanol–water partition coefficient (Wildman–Crippen LogP) is 6.76. The number of carbonyl (C=O) groups is 14. The van der Waals surface area contributed by atoms with Gasteiger partial charge in [0.15, 0.2) is 17.3 Å². The molecule has 100 heavy (non-hydrogen) atoms. The first kappa shape index (κ1) is 77.7. The SMILES string of the molecule is CC1CC(=O)C(C)NC(=O)CCOCCCC(=O)C2NC(=O)C(CC(=O)O)SCSC(CC(=O)O)C(=O)CC2C(=O)NCCOCCC(=O)NC(C)C(=O)CC(C)C(=O)Nc2cc3c(c4ccccc24)[C@H](CCl)CN3C(=O)CCCC(=O)N2C[C@@H](CCl)c3c2cc(c2ccccc32)NC1=O. The first-order chi connectivity index (χ1) is 47.8. The Morgan fingerprint density at radius 1 is 0.520 bits per heavy atom. The number of amides is 8. The van der Waals surface area contributed by atoms with Crippen molar-refractivity contribution < 1.29 is 86.8 Å². The van der Waals surface area contributed by atoms with Crippen molar-refractivity contribution in [1.82, 2.24) is 21.3 Å². The van der Waals surface area contributed by atoms with Crippen molar-refractivity contribution in [2.45, 2.75) is 145 Å². The van der Waals surface area contributed by atoms with Gasteiger partial charge in [-0.3, -0.25) is 67.1 Å². The van der Waals surface area contributed by atoms with Gasteiger partial charge in [-0.15, -0.1) is 46.7 Å². The molecule has 26 nitrogen and oxygen atoms in total. The van der Waals surface area contributed by atoms with Crippen molar-refractivity contribution in [1.29, 1.82) is 0 Å². The number of carboxylic acid groups (broad SMARTS) is 2. The van der Waals surface area contributed by atoms with Gasteiger partial charge in [0.2, 0.25) is 47.3 Å². The Bertz CT molecular complexity index is 3580. The third-order valence-electron chi connectivity index (χ3n) is 18.2. The molecule has 0 spiro atoms. The minimum Gasteiger partial charge on any atom is -0.481 e. The van der Waals surface area contributed by atoms with Gasteiger partial charge in [-0.25, -0.2) is 0 Å². The van der Waals surface area contributed by atoms with Crippen LogP contribution in [0, 0.1) is 17.8 Å². The van der Waals surface area contributed by atoms with E-state index in [1.165, 1.54) is 13.8 Å². The van der Waals surface area contributed by atoms with Crippen molar-refractivity contribution in [2.24, 2.45) is 17.8 Å². The van der Waals surface area contributed by atoms with E-state index in [0.29, 0.717) is 33.5 Å². The highest BCUT2D eigenvalue weighted by Gasteiger charge is 2.42. The van der Waals surface area contributed by atoms with Crippen LogP contribution in [0.25, 0.3) is 21.5 Å². The summed E-state index contributed by atoms with van der Waals surface area (Å²) in [7, 11) is 0. The lowest BCUT2D eigenvalue weighted by molar-refractivity contribution is -0.140. The minimum absolute atomic E-state index is 0.0247. The van der Waals surface area contributed by atoms with Crippen LogP contribution in [-0.2, 0) is 76.6 Å². The predicted molar refractivity (Wildman–Crippen MR) is 379 cm³/mol. The molecule has 1 fully saturated rings. The highest BCUT2D eigenvalue weighted by Crippen LogP contribution is 2.47. The largest absolute Gasteiger partial charge is 0.481 e. The van der Waals surface area contributed by atoms with Crippen molar-refractivity contribution in [2.75, 3.05) is 83.3 Å². The molecule has 1 saturated heterocycles. The number of halogens is 2. The van der Waals surface area contributed by atoms with Crippen LogP contribution in [-0.4, -0.2) is 184 Å². The van der Waals surface area contributed by atoms with Gasteiger partial charge in [-0.05, 0) is 60.7 Å². The second-order valence-corrected chi connectivity index (χ2v) is 28.9. The summed E-state index contributed by atoms with van der Waals surface area (Å²) in [5.74, 6) is -13.3. The third-order valence-corrected chi connectivity index (χ3v) is 21.6. The summed E-state index contributed by atoms with van der Waals surface area (Å²) in [5.41, 5.74) is 3.46. The van der Waals surface area contributed by atoms with Crippen LogP contribution in [0.4, 0.5) is 22.7 Å². The molecular weight excluding hydrogens is 1380 g/mol. The molecule has 8 unspecified atom stereocenters. The number of anilines is 4. The number of fused-ring (bicyclic) bond motifs is 9. The maximum absolute atomic E-state index is 14.4. The van der Waals surface area contributed by atoms with E-state index < -0.39 is 136 Å². The number of nitrogens with one attached hydrogen (secondary N) is 6. The fourth-order valence-corrected chi connectivity index (χ4v) is 15.9. The van der Waals surface area contributed by atoms with Crippen LogP contribution < -0.4 is 41.7 Å². The number of rotatable bonds is 6. The Morgan fingerprint density at radius 2 is 0.980 bits per heavy atom. The molecule has 8 rings (SSSR count). The fraction of sp³-hybridized carbons (Fsp3) is 0.514. The zero-order chi connectivity index (χ0) is 72.5. The lowest BCUT2D eigenvalue weighted by Crippen LogP contribution is -2.54. The molecular formula is C70H84Cl2N8O18S2. The number of hydrogen-bond acceptors (Lipinski definition) is 18. The van der Waals surface area contributed by atoms with Crippen LogP contribution in [0.5, 0.6) is 0 Å². The molecule has 8 amide bonds. The maximum atomic E-state index is 14.4. The van der Waals surface area contributed by atoms with Gasteiger partial charge >= 0.3 is 11.9 Å². The summed E-state index contributed by atoms with van der Waals surface area (Å²) in [6, 6.07) is 14.4. The van der Waals surface area contributed by atoms with E-state index in [1.807, 2.05) is 36.4 Å². The average molecular weight is 1460 g/mol. The molecule has 0 saturated carbocycles. The second kappa shape index (κ2) is 36.5. The van der Waals surface area contributed by atoms with Gasteiger partial charge in [-0.2, -0.15) is 0 Å². The molecule has 4 aromatic carbocycles. The lowest BCUT2D eigenvalue weighted by atomic mass is 9.87. The van der Waals surface area contributed by atoms with Gasteiger partial charge < -0.3 is 61.4 Å². The van der Waals surface area contributed by atoms with E-state index >= 15 is 0 Å². The summed E-state index contributed by atoms with van der Waals surface area (Å²) in [6.45, 7) is 5.60. The molecule has 538 valence electrons. The van der Waals surface area contributed by atoms with Gasteiger partial charge in [-0.1, -0.05) is 62.4 Å². The lowest BCUT2D eigenvalue weighted by Gasteiger charge is -2.27.